The minimum absolute atomic E-state index is 0.146. The van der Waals surface area contributed by atoms with Crippen LogP contribution >= 0.6 is 15.9 Å². The monoisotopic (exact) mass is 726 g/mol. The number of H-pyrrole nitrogens is 1. The van der Waals surface area contributed by atoms with Crippen molar-refractivity contribution in [1.29, 1.82) is 0 Å². The molecule has 0 fully saturated rings. The summed E-state index contributed by atoms with van der Waals surface area (Å²) in [5.41, 5.74) is 4.01. The fourth-order valence-corrected chi connectivity index (χ4v) is 6.38. The summed E-state index contributed by atoms with van der Waals surface area (Å²) < 4.78 is 34.6. The summed E-state index contributed by atoms with van der Waals surface area (Å²) in [5.74, 6) is -0.0905. The van der Waals surface area contributed by atoms with E-state index in [2.05, 4.69) is 26.2 Å². The van der Waals surface area contributed by atoms with Crippen molar-refractivity contribution in [3.8, 4) is 34.1 Å². The van der Waals surface area contributed by atoms with Gasteiger partial charge in [0.2, 0.25) is 0 Å². The highest BCUT2D eigenvalue weighted by Gasteiger charge is 2.28. The molecule has 0 radical (unpaired) electrons. The van der Waals surface area contributed by atoms with Crippen molar-refractivity contribution in [3.05, 3.63) is 106 Å². The number of amides is 1. The molecule has 0 spiro atoms. The number of benzene rings is 4. The van der Waals surface area contributed by atoms with Gasteiger partial charge in [0.1, 0.15) is 38.6 Å². The number of nitrogens with one attached hydrogen (secondary N) is 2. The van der Waals surface area contributed by atoms with Crippen molar-refractivity contribution >= 4 is 44.7 Å². The highest BCUT2D eigenvalue weighted by molar-refractivity contribution is 9.10. The van der Waals surface area contributed by atoms with E-state index in [1.54, 1.807) is 42.5 Å². The zero-order chi connectivity index (χ0) is 33.9. The summed E-state index contributed by atoms with van der Waals surface area (Å²) in [7, 11) is 1.32. The number of para-hydroxylation sites is 1. The molecule has 12 heteroatoms. The maximum Gasteiger partial charge on any atom is 0.342 e. The molecular weight excluding hydrogens is 696 g/mol. The number of ether oxygens (including phenoxy) is 6. The number of hydrogen-bond donors (Lipinski definition) is 2. The van der Waals surface area contributed by atoms with Crippen LogP contribution in [0.25, 0.3) is 22.0 Å². The summed E-state index contributed by atoms with van der Waals surface area (Å²) in [6, 6.07) is 20.9. The minimum atomic E-state index is -0.651. The van der Waals surface area contributed by atoms with Crippen molar-refractivity contribution in [2.45, 2.75) is 12.5 Å². The molecule has 250 valence electrons. The zero-order valence-corrected chi connectivity index (χ0v) is 28.0. The number of carbonyl (C=O) groups is 3. The fourth-order valence-electron chi connectivity index (χ4n) is 5.94. The van der Waals surface area contributed by atoms with Crippen LogP contribution in [0.3, 0.4) is 0 Å². The molecule has 7 rings (SSSR count). The fraction of sp³-hybridized carbons (Fsp3) is 0.216. The van der Waals surface area contributed by atoms with Gasteiger partial charge >= 0.3 is 11.9 Å². The molecule has 5 aromatic rings. The van der Waals surface area contributed by atoms with E-state index in [0.717, 1.165) is 16.5 Å². The van der Waals surface area contributed by atoms with E-state index in [9.17, 15) is 14.4 Å². The SMILES string of the molecule is COC(=O)c1cccc(-c2cc3c(c(C(=O)N[C@@H](COC(=O)c4cc(Br)cc5c4OCCO5)Cc4c[nH]c5ccccc45)c2)OCCO3)c1. The van der Waals surface area contributed by atoms with Crippen molar-refractivity contribution in [2.24, 2.45) is 0 Å². The molecule has 1 atom stereocenters. The molecule has 3 heterocycles. The van der Waals surface area contributed by atoms with Gasteiger partial charge in [-0.2, -0.15) is 0 Å². The van der Waals surface area contributed by atoms with E-state index in [-0.39, 0.29) is 24.3 Å². The lowest BCUT2D eigenvalue weighted by atomic mass is 9.98. The van der Waals surface area contributed by atoms with Gasteiger partial charge in [-0.25, -0.2) is 9.59 Å². The molecule has 0 aliphatic carbocycles. The standard InChI is InChI=1S/C37H31BrN2O9/c1-44-36(42)22-6-4-5-21(13-22)23-15-28(33-31(16-23)45-9-11-47-33)35(41)40-26(14-24-19-39-30-8-3-2-7-27(24)30)20-49-37(43)29-17-25(38)18-32-34(29)48-12-10-46-32/h2-8,13,15-19,26,39H,9-12,14,20H2,1H3,(H,40,41)/t26-/m1/s1. The van der Waals surface area contributed by atoms with Gasteiger partial charge in [-0.05, 0) is 65.6 Å². The third-order valence-corrected chi connectivity index (χ3v) is 8.68. The Kier molecular flexibility index (Phi) is 9.12. The molecule has 0 bridgehead atoms. The Morgan fingerprint density at radius 2 is 1.55 bits per heavy atom. The number of halogens is 1. The molecule has 49 heavy (non-hydrogen) atoms. The third kappa shape index (κ3) is 6.77. The predicted molar refractivity (Wildman–Crippen MR) is 183 cm³/mol. The molecule has 2 N–H and O–H groups in total. The van der Waals surface area contributed by atoms with Crippen LogP contribution in [0.4, 0.5) is 0 Å². The third-order valence-electron chi connectivity index (χ3n) is 8.22. The van der Waals surface area contributed by atoms with Crippen molar-refractivity contribution < 1.29 is 42.8 Å². The Balaban J connectivity index is 1.20. The number of carbonyl (C=O) groups excluding carboxylic acids is 3. The van der Waals surface area contributed by atoms with Crippen LogP contribution in [0.2, 0.25) is 0 Å². The van der Waals surface area contributed by atoms with E-state index in [1.165, 1.54) is 7.11 Å². The smallest absolute Gasteiger partial charge is 0.342 e. The summed E-state index contributed by atoms with van der Waals surface area (Å²) in [6.45, 7) is 1.10. The molecule has 0 unspecified atom stereocenters. The number of fused-ring (bicyclic) bond motifs is 3. The molecule has 1 aromatic heterocycles. The van der Waals surface area contributed by atoms with Crippen LogP contribution in [-0.2, 0) is 15.9 Å². The second-order valence-electron chi connectivity index (χ2n) is 11.4. The van der Waals surface area contributed by atoms with Crippen LogP contribution in [0.1, 0.15) is 36.6 Å². The van der Waals surface area contributed by atoms with Gasteiger partial charge in [0.15, 0.2) is 23.0 Å². The topological polar surface area (TPSA) is 134 Å². The number of aromatic amines is 1. The van der Waals surface area contributed by atoms with Crippen LogP contribution in [0, 0.1) is 0 Å². The normalized spacial score (nSPS) is 13.8. The van der Waals surface area contributed by atoms with E-state index >= 15 is 0 Å². The molecule has 1 amide bonds. The van der Waals surface area contributed by atoms with E-state index in [4.69, 9.17) is 28.4 Å². The van der Waals surface area contributed by atoms with Gasteiger partial charge in [-0.1, -0.05) is 46.3 Å². The van der Waals surface area contributed by atoms with Gasteiger partial charge < -0.3 is 38.7 Å². The molecule has 2 aliphatic heterocycles. The quantitative estimate of drug-likeness (QED) is 0.172. The Labute approximate surface area is 289 Å². The molecule has 0 saturated carbocycles. The van der Waals surface area contributed by atoms with Gasteiger partial charge in [0.25, 0.3) is 5.91 Å². The number of methoxy groups -OCH3 is 1. The summed E-state index contributed by atoms with van der Waals surface area (Å²) >= 11 is 3.43. The van der Waals surface area contributed by atoms with Gasteiger partial charge in [0, 0.05) is 21.6 Å². The maximum atomic E-state index is 14.2. The first-order valence-corrected chi connectivity index (χ1v) is 16.4. The lowest BCUT2D eigenvalue weighted by Crippen LogP contribution is -2.40. The molecule has 0 saturated heterocycles. The van der Waals surface area contributed by atoms with Crippen LogP contribution in [0.5, 0.6) is 23.0 Å². The average molecular weight is 728 g/mol. The number of hydrogen-bond acceptors (Lipinski definition) is 9. The first-order valence-electron chi connectivity index (χ1n) is 15.6. The zero-order valence-electron chi connectivity index (χ0n) is 26.4. The van der Waals surface area contributed by atoms with E-state index in [0.29, 0.717) is 70.4 Å². The van der Waals surface area contributed by atoms with Gasteiger partial charge in [0.05, 0.1) is 24.3 Å². The predicted octanol–water partition coefficient (Wildman–Crippen LogP) is 6.12. The van der Waals surface area contributed by atoms with Gasteiger partial charge in [-0.15, -0.1) is 0 Å². The van der Waals surface area contributed by atoms with Gasteiger partial charge in [-0.3, -0.25) is 4.79 Å². The molecule has 4 aromatic carbocycles. The molecule has 11 nitrogen and oxygen atoms in total. The van der Waals surface area contributed by atoms with Crippen LogP contribution < -0.4 is 24.3 Å². The Morgan fingerprint density at radius 3 is 2.35 bits per heavy atom. The summed E-state index contributed by atoms with van der Waals surface area (Å²) in [4.78, 5) is 43.1. The molecular formula is C37H31BrN2O9. The van der Waals surface area contributed by atoms with Crippen LogP contribution in [0.15, 0.2) is 83.5 Å². The summed E-state index contributed by atoms with van der Waals surface area (Å²) in [5, 5.41) is 4.07. The Morgan fingerprint density at radius 1 is 0.816 bits per heavy atom. The Hall–Kier alpha value is -5.49. The largest absolute Gasteiger partial charge is 0.486 e. The highest BCUT2D eigenvalue weighted by atomic mass is 79.9. The van der Waals surface area contributed by atoms with E-state index < -0.39 is 23.9 Å². The van der Waals surface area contributed by atoms with Crippen molar-refractivity contribution in [2.75, 3.05) is 40.1 Å². The number of rotatable bonds is 9. The maximum absolute atomic E-state index is 14.2. The molecule has 2 aliphatic rings. The van der Waals surface area contributed by atoms with Crippen molar-refractivity contribution in [3.63, 3.8) is 0 Å². The van der Waals surface area contributed by atoms with Crippen LogP contribution in [-0.4, -0.2) is 69.0 Å². The van der Waals surface area contributed by atoms with Crippen molar-refractivity contribution in [1.82, 2.24) is 10.3 Å². The number of esters is 2. The highest BCUT2D eigenvalue weighted by Crippen LogP contribution is 2.39. The number of aromatic nitrogens is 1. The lowest BCUT2D eigenvalue weighted by Gasteiger charge is -2.24. The Bertz CT molecular complexity index is 2070. The average Bonchev–Trinajstić information content (AvgIpc) is 3.54. The second-order valence-corrected chi connectivity index (χ2v) is 12.3. The minimum Gasteiger partial charge on any atom is -0.486 e. The van der Waals surface area contributed by atoms with E-state index in [1.807, 2.05) is 36.5 Å². The first kappa shape index (κ1) is 32.1. The first-order chi connectivity index (χ1) is 23.9. The second kappa shape index (κ2) is 13.9. The lowest BCUT2D eigenvalue weighted by molar-refractivity contribution is 0.0446. The summed E-state index contributed by atoms with van der Waals surface area (Å²) in [6.07, 6.45) is 2.23.